The molecule has 8 heteroatoms. The summed E-state index contributed by atoms with van der Waals surface area (Å²) in [5.74, 6) is -0.557. The Balaban J connectivity index is 1.48. The molecule has 33 heavy (non-hydrogen) atoms. The molecule has 0 atom stereocenters. The number of carbonyl (C=O) groups is 1. The van der Waals surface area contributed by atoms with Crippen LogP contribution in [0.2, 0.25) is 0 Å². The van der Waals surface area contributed by atoms with E-state index in [0.717, 1.165) is 5.56 Å². The third-order valence-corrected chi connectivity index (χ3v) is 7.53. The molecule has 1 heterocycles. The number of sulfonamides is 1. The van der Waals surface area contributed by atoms with Crippen molar-refractivity contribution < 1.29 is 17.6 Å². The Bertz CT molecular complexity index is 1180. The normalized spacial score (nSPS) is 14.5. The first kappa shape index (κ1) is 22.9. The second kappa shape index (κ2) is 10.1. The molecule has 3 aromatic carbocycles. The van der Waals surface area contributed by atoms with E-state index in [4.69, 9.17) is 0 Å². The van der Waals surface area contributed by atoms with Gasteiger partial charge in [0.15, 0.2) is 0 Å². The largest absolute Gasteiger partial charge is 0.366 e. The Morgan fingerprint density at radius 2 is 1.39 bits per heavy atom. The Hall–Kier alpha value is -3.23. The predicted molar refractivity (Wildman–Crippen MR) is 126 cm³/mol. The van der Waals surface area contributed by atoms with Gasteiger partial charge in [-0.1, -0.05) is 60.7 Å². The number of rotatable bonds is 7. The average Bonchev–Trinajstić information content (AvgIpc) is 2.85. The van der Waals surface area contributed by atoms with Crippen LogP contribution in [0.3, 0.4) is 0 Å². The molecule has 1 amide bonds. The molecule has 0 radical (unpaired) electrons. The van der Waals surface area contributed by atoms with E-state index >= 15 is 0 Å². The predicted octanol–water partition coefficient (Wildman–Crippen LogP) is 3.37. The van der Waals surface area contributed by atoms with Gasteiger partial charge in [0.05, 0.1) is 17.1 Å². The lowest BCUT2D eigenvalue weighted by Gasteiger charge is -2.37. The van der Waals surface area contributed by atoms with E-state index in [1.807, 2.05) is 35.2 Å². The van der Waals surface area contributed by atoms with Crippen LogP contribution in [-0.2, 0) is 21.4 Å². The molecular formula is C25H26FN3O3S. The highest BCUT2D eigenvalue weighted by Crippen LogP contribution is 2.22. The van der Waals surface area contributed by atoms with E-state index in [1.54, 1.807) is 41.3 Å². The molecule has 6 nitrogen and oxygen atoms in total. The van der Waals surface area contributed by atoms with Gasteiger partial charge in [0.2, 0.25) is 15.9 Å². The first-order valence-corrected chi connectivity index (χ1v) is 12.3. The maximum absolute atomic E-state index is 14.1. The Morgan fingerprint density at radius 1 is 0.818 bits per heavy atom. The minimum absolute atomic E-state index is 0.0962. The number of hydrogen-bond acceptors (Lipinski definition) is 4. The molecule has 0 bridgehead atoms. The number of benzene rings is 3. The third-order valence-electron chi connectivity index (χ3n) is 5.72. The third kappa shape index (κ3) is 5.40. The quantitative estimate of drug-likeness (QED) is 0.535. The molecule has 172 valence electrons. The van der Waals surface area contributed by atoms with Crippen molar-refractivity contribution in [2.75, 3.05) is 37.6 Å². The van der Waals surface area contributed by atoms with Crippen molar-refractivity contribution in [3.8, 4) is 0 Å². The van der Waals surface area contributed by atoms with Gasteiger partial charge in [0.25, 0.3) is 0 Å². The maximum atomic E-state index is 14.1. The van der Waals surface area contributed by atoms with E-state index < -0.39 is 10.0 Å². The van der Waals surface area contributed by atoms with E-state index in [0.29, 0.717) is 31.9 Å². The Morgan fingerprint density at radius 3 is 2.03 bits per heavy atom. The van der Waals surface area contributed by atoms with Gasteiger partial charge >= 0.3 is 0 Å². The van der Waals surface area contributed by atoms with Gasteiger partial charge in [-0.2, -0.15) is 4.31 Å². The van der Waals surface area contributed by atoms with Crippen molar-refractivity contribution in [3.63, 3.8) is 0 Å². The summed E-state index contributed by atoms with van der Waals surface area (Å²) in [4.78, 5) is 16.8. The number of piperazine rings is 1. The lowest BCUT2D eigenvalue weighted by molar-refractivity contribution is -0.131. The maximum Gasteiger partial charge on any atom is 0.243 e. The van der Waals surface area contributed by atoms with Crippen LogP contribution in [0, 0.1) is 5.82 Å². The van der Waals surface area contributed by atoms with Gasteiger partial charge in [0, 0.05) is 32.7 Å². The molecule has 0 unspecified atom stereocenters. The fraction of sp³-hybridized carbons (Fsp3) is 0.240. The standard InChI is InChI=1S/C25H26FN3O3S/c26-23-13-7-8-14-24(23)27-15-17-28(18-16-27)25(30)20-29(19-21-9-3-1-4-10-21)33(31,32)22-11-5-2-6-12-22/h1-14H,15-20H2. The van der Waals surface area contributed by atoms with Gasteiger partial charge in [-0.15, -0.1) is 0 Å². The van der Waals surface area contributed by atoms with Crippen LogP contribution in [-0.4, -0.2) is 56.3 Å². The van der Waals surface area contributed by atoms with Crippen LogP contribution in [0.15, 0.2) is 89.8 Å². The second-order valence-electron chi connectivity index (χ2n) is 7.89. The zero-order valence-corrected chi connectivity index (χ0v) is 19.0. The number of para-hydroxylation sites is 1. The summed E-state index contributed by atoms with van der Waals surface area (Å²) in [5, 5.41) is 0. The molecule has 1 aliphatic heterocycles. The lowest BCUT2D eigenvalue weighted by atomic mass is 10.2. The summed E-state index contributed by atoms with van der Waals surface area (Å²) in [6.07, 6.45) is 0. The zero-order valence-electron chi connectivity index (χ0n) is 18.2. The number of nitrogens with zero attached hydrogens (tertiary/aromatic N) is 3. The summed E-state index contributed by atoms with van der Waals surface area (Å²) in [6.45, 7) is 1.61. The molecule has 0 saturated carbocycles. The van der Waals surface area contributed by atoms with Crippen molar-refractivity contribution in [1.82, 2.24) is 9.21 Å². The smallest absolute Gasteiger partial charge is 0.243 e. The van der Waals surface area contributed by atoms with Crippen LogP contribution in [0.25, 0.3) is 0 Å². The molecule has 4 rings (SSSR count). The van der Waals surface area contributed by atoms with Crippen molar-refractivity contribution in [3.05, 3.63) is 96.3 Å². The van der Waals surface area contributed by atoms with E-state index in [-0.39, 0.29) is 29.7 Å². The van der Waals surface area contributed by atoms with Crippen LogP contribution in [0.4, 0.5) is 10.1 Å². The Kier molecular flexibility index (Phi) is 7.05. The van der Waals surface area contributed by atoms with Crippen molar-refractivity contribution >= 4 is 21.6 Å². The molecule has 0 aliphatic carbocycles. The zero-order chi connectivity index (χ0) is 23.3. The van der Waals surface area contributed by atoms with Crippen LogP contribution in [0.5, 0.6) is 0 Å². The SMILES string of the molecule is O=C(CN(Cc1ccccc1)S(=O)(=O)c1ccccc1)N1CCN(c2ccccc2F)CC1. The molecule has 1 fully saturated rings. The lowest BCUT2D eigenvalue weighted by Crippen LogP contribution is -2.52. The summed E-state index contributed by atoms with van der Waals surface area (Å²) in [7, 11) is -3.87. The van der Waals surface area contributed by atoms with Crippen LogP contribution in [0.1, 0.15) is 5.56 Å². The van der Waals surface area contributed by atoms with E-state index in [9.17, 15) is 17.6 Å². The topological polar surface area (TPSA) is 60.9 Å². The summed E-state index contributed by atoms with van der Waals surface area (Å²) < 4.78 is 42.0. The molecular weight excluding hydrogens is 441 g/mol. The van der Waals surface area contributed by atoms with Gasteiger partial charge < -0.3 is 9.80 Å². The molecule has 0 aromatic heterocycles. The molecule has 0 spiro atoms. The highest BCUT2D eigenvalue weighted by Gasteiger charge is 2.30. The van der Waals surface area contributed by atoms with E-state index in [2.05, 4.69) is 0 Å². The minimum Gasteiger partial charge on any atom is -0.366 e. The first-order valence-electron chi connectivity index (χ1n) is 10.8. The molecule has 1 aliphatic rings. The van der Waals surface area contributed by atoms with Crippen molar-refractivity contribution in [1.29, 1.82) is 0 Å². The fourth-order valence-corrected chi connectivity index (χ4v) is 5.31. The highest BCUT2D eigenvalue weighted by molar-refractivity contribution is 7.89. The summed E-state index contributed by atoms with van der Waals surface area (Å²) in [6, 6.07) is 23.9. The van der Waals surface area contributed by atoms with E-state index in [1.165, 1.54) is 22.5 Å². The van der Waals surface area contributed by atoms with Gasteiger partial charge in [-0.25, -0.2) is 12.8 Å². The number of anilines is 1. The number of hydrogen-bond donors (Lipinski definition) is 0. The van der Waals surface area contributed by atoms with Crippen LogP contribution >= 0.6 is 0 Å². The number of carbonyl (C=O) groups excluding carboxylic acids is 1. The fourth-order valence-electron chi connectivity index (χ4n) is 3.91. The molecule has 0 N–H and O–H groups in total. The Labute approximate surface area is 193 Å². The molecule has 1 saturated heterocycles. The monoisotopic (exact) mass is 467 g/mol. The number of amides is 1. The van der Waals surface area contributed by atoms with Gasteiger partial charge in [-0.05, 0) is 29.8 Å². The van der Waals surface area contributed by atoms with Crippen molar-refractivity contribution in [2.24, 2.45) is 0 Å². The van der Waals surface area contributed by atoms with Gasteiger partial charge in [0.1, 0.15) is 5.82 Å². The summed E-state index contributed by atoms with van der Waals surface area (Å²) in [5.41, 5.74) is 1.32. The second-order valence-corrected chi connectivity index (χ2v) is 9.83. The molecule has 3 aromatic rings. The average molecular weight is 468 g/mol. The minimum atomic E-state index is -3.87. The highest BCUT2D eigenvalue weighted by atomic mass is 32.2. The first-order chi connectivity index (χ1) is 15.9. The van der Waals surface area contributed by atoms with Crippen molar-refractivity contribution in [2.45, 2.75) is 11.4 Å². The number of halogens is 1. The van der Waals surface area contributed by atoms with Gasteiger partial charge in [-0.3, -0.25) is 4.79 Å². The van der Waals surface area contributed by atoms with Crippen LogP contribution < -0.4 is 4.90 Å². The summed E-state index contributed by atoms with van der Waals surface area (Å²) >= 11 is 0.